The number of hydrogen-bond donors (Lipinski definition) is 1. The second-order valence-electron chi connectivity index (χ2n) is 4.11. The molecule has 1 aliphatic rings. The van der Waals surface area contributed by atoms with Crippen molar-refractivity contribution in [2.45, 2.75) is 20.4 Å². The van der Waals surface area contributed by atoms with Crippen LogP contribution in [0.4, 0.5) is 10.6 Å². The lowest BCUT2D eigenvalue weighted by atomic mass is 10.1. The van der Waals surface area contributed by atoms with Gasteiger partial charge in [-0.15, -0.1) is 0 Å². The molecular formula is C12H15N3O3. The van der Waals surface area contributed by atoms with Crippen molar-refractivity contribution in [3.8, 4) is 0 Å². The predicted octanol–water partition coefficient (Wildman–Crippen LogP) is 1.30. The van der Waals surface area contributed by atoms with Gasteiger partial charge in [-0.25, -0.2) is 9.78 Å². The van der Waals surface area contributed by atoms with Gasteiger partial charge in [-0.1, -0.05) is 0 Å². The standard InChI is InChI=1S/C12H15N3O3/c1-3-18-10(16)7-15-6-9-4-8(2)5-13-11(9)14-12(15)17/h4-5H,3,6-7H2,1-2H3,(H,13,14,17). The van der Waals surface area contributed by atoms with Crippen LogP contribution in [0, 0.1) is 6.92 Å². The number of urea groups is 1. The van der Waals surface area contributed by atoms with E-state index in [-0.39, 0.29) is 12.6 Å². The molecule has 2 heterocycles. The lowest BCUT2D eigenvalue weighted by molar-refractivity contribution is -0.143. The van der Waals surface area contributed by atoms with Crippen molar-refractivity contribution >= 4 is 17.8 Å². The Labute approximate surface area is 105 Å². The highest BCUT2D eigenvalue weighted by Gasteiger charge is 2.25. The van der Waals surface area contributed by atoms with Crippen LogP contribution in [0.3, 0.4) is 0 Å². The van der Waals surface area contributed by atoms with Crippen LogP contribution in [0.5, 0.6) is 0 Å². The van der Waals surface area contributed by atoms with E-state index < -0.39 is 5.97 Å². The number of nitrogens with one attached hydrogen (secondary N) is 1. The minimum Gasteiger partial charge on any atom is -0.465 e. The third-order valence-corrected chi connectivity index (χ3v) is 2.60. The first-order valence-corrected chi connectivity index (χ1v) is 5.77. The van der Waals surface area contributed by atoms with Crippen LogP contribution >= 0.6 is 0 Å². The number of nitrogens with zero attached hydrogens (tertiary/aromatic N) is 2. The number of esters is 1. The van der Waals surface area contributed by atoms with Crippen molar-refractivity contribution in [2.75, 3.05) is 18.5 Å². The van der Waals surface area contributed by atoms with Crippen molar-refractivity contribution in [3.63, 3.8) is 0 Å². The monoisotopic (exact) mass is 249 g/mol. The second kappa shape index (κ2) is 5.03. The fourth-order valence-corrected chi connectivity index (χ4v) is 1.81. The number of aryl methyl sites for hydroxylation is 1. The first-order chi connectivity index (χ1) is 8.60. The number of anilines is 1. The molecule has 1 aromatic heterocycles. The first-order valence-electron chi connectivity index (χ1n) is 5.77. The Kier molecular flexibility index (Phi) is 3.45. The van der Waals surface area contributed by atoms with Gasteiger partial charge in [0, 0.05) is 11.8 Å². The van der Waals surface area contributed by atoms with Crippen molar-refractivity contribution in [3.05, 3.63) is 23.4 Å². The number of rotatable bonds is 3. The molecule has 1 aliphatic heterocycles. The van der Waals surface area contributed by atoms with Gasteiger partial charge in [-0.3, -0.25) is 10.1 Å². The molecule has 0 aromatic carbocycles. The Morgan fingerprint density at radius 3 is 3.11 bits per heavy atom. The highest BCUT2D eigenvalue weighted by Crippen LogP contribution is 2.21. The molecule has 0 aliphatic carbocycles. The molecule has 18 heavy (non-hydrogen) atoms. The molecule has 0 unspecified atom stereocenters. The van der Waals surface area contributed by atoms with E-state index in [4.69, 9.17) is 4.74 Å². The molecule has 0 fully saturated rings. The zero-order valence-electron chi connectivity index (χ0n) is 10.4. The Balaban J connectivity index is 2.12. The van der Waals surface area contributed by atoms with Crippen LogP contribution in [0.25, 0.3) is 0 Å². The van der Waals surface area contributed by atoms with Crippen LogP contribution in [0.15, 0.2) is 12.3 Å². The second-order valence-corrected chi connectivity index (χ2v) is 4.11. The Hall–Kier alpha value is -2.11. The molecule has 1 aromatic rings. The van der Waals surface area contributed by atoms with Crippen LogP contribution in [0.1, 0.15) is 18.1 Å². The third-order valence-electron chi connectivity index (χ3n) is 2.60. The lowest BCUT2D eigenvalue weighted by Gasteiger charge is -2.27. The summed E-state index contributed by atoms with van der Waals surface area (Å²) in [5.74, 6) is 0.155. The number of pyridine rings is 1. The highest BCUT2D eigenvalue weighted by atomic mass is 16.5. The molecule has 0 bridgehead atoms. The normalized spacial score (nSPS) is 13.9. The summed E-state index contributed by atoms with van der Waals surface area (Å²) in [5, 5.41) is 2.65. The smallest absolute Gasteiger partial charge is 0.325 e. The van der Waals surface area contributed by atoms with E-state index >= 15 is 0 Å². The van der Waals surface area contributed by atoms with Crippen molar-refractivity contribution in [1.82, 2.24) is 9.88 Å². The molecule has 0 saturated heterocycles. The van der Waals surface area contributed by atoms with Gasteiger partial charge in [-0.05, 0) is 25.5 Å². The molecule has 2 amide bonds. The summed E-state index contributed by atoms with van der Waals surface area (Å²) < 4.78 is 4.83. The molecule has 1 N–H and O–H groups in total. The van der Waals surface area contributed by atoms with Gasteiger partial charge in [0.15, 0.2) is 0 Å². The summed E-state index contributed by atoms with van der Waals surface area (Å²) in [6.07, 6.45) is 1.69. The molecular weight excluding hydrogens is 234 g/mol. The number of aromatic nitrogens is 1. The summed E-state index contributed by atoms with van der Waals surface area (Å²) in [6, 6.07) is 1.62. The van der Waals surface area contributed by atoms with E-state index in [1.807, 2.05) is 13.0 Å². The van der Waals surface area contributed by atoms with E-state index in [1.165, 1.54) is 4.90 Å². The predicted molar refractivity (Wildman–Crippen MR) is 65.0 cm³/mol. The van der Waals surface area contributed by atoms with Crippen LogP contribution in [0.2, 0.25) is 0 Å². The summed E-state index contributed by atoms with van der Waals surface area (Å²) >= 11 is 0. The maximum absolute atomic E-state index is 11.7. The van der Waals surface area contributed by atoms with E-state index in [1.54, 1.807) is 13.1 Å². The first kappa shape index (κ1) is 12.3. The van der Waals surface area contributed by atoms with Crippen LogP contribution in [-0.2, 0) is 16.1 Å². The van der Waals surface area contributed by atoms with Gasteiger partial charge in [0.25, 0.3) is 0 Å². The quantitative estimate of drug-likeness (QED) is 0.820. The van der Waals surface area contributed by atoms with Gasteiger partial charge in [0.1, 0.15) is 12.4 Å². The molecule has 0 atom stereocenters. The molecule has 0 radical (unpaired) electrons. The van der Waals surface area contributed by atoms with Crippen molar-refractivity contribution in [2.24, 2.45) is 0 Å². The Morgan fingerprint density at radius 2 is 2.39 bits per heavy atom. The lowest BCUT2D eigenvalue weighted by Crippen LogP contribution is -2.42. The molecule has 6 nitrogen and oxygen atoms in total. The third kappa shape index (κ3) is 2.58. The topological polar surface area (TPSA) is 71.5 Å². The largest absolute Gasteiger partial charge is 0.465 e. The van der Waals surface area contributed by atoms with E-state index in [2.05, 4.69) is 10.3 Å². The highest BCUT2D eigenvalue weighted by molar-refractivity contribution is 5.93. The number of fused-ring (bicyclic) bond motifs is 1. The average Bonchev–Trinajstić information content (AvgIpc) is 2.31. The summed E-state index contributed by atoms with van der Waals surface area (Å²) in [7, 11) is 0. The number of hydrogen-bond acceptors (Lipinski definition) is 4. The zero-order chi connectivity index (χ0) is 13.1. The minimum absolute atomic E-state index is 0.0486. The number of carbonyl (C=O) groups is 2. The summed E-state index contributed by atoms with van der Waals surface area (Å²) in [4.78, 5) is 28.7. The van der Waals surface area contributed by atoms with Crippen molar-refractivity contribution in [1.29, 1.82) is 0 Å². The number of carbonyl (C=O) groups excluding carboxylic acids is 2. The molecule has 0 saturated carbocycles. The maximum atomic E-state index is 11.7. The zero-order valence-corrected chi connectivity index (χ0v) is 10.4. The van der Waals surface area contributed by atoms with Crippen LogP contribution in [-0.4, -0.2) is 35.0 Å². The van der Waals surface area contributed by atoms with E-state index in [9.17, 15) is 9.59 Å². The van der Waals surface area contributed by atoms with E-state index in [0.717, 1.165) is 11.1 Å². The number of ether oxygens (including phenoxy) is 1. The summed E-state index contributed by atoms with van der Waals surface area (Å²) in [5.41, 5.74) is 1.92. The Morgan fingerprint density at radius 1 is 1.61 bits per heavy atom. The molecule has 2 rings (SSSR count). The SMILES string of the molecule is CCOC(=O)CN1Cc2cc(C)cnc2NC1=O. The van der Waals surface area contributed by atoms with Gasteiger partial charge in [-0.2, -0.15) is 0 Å². The van der Waals surface area contributed by atoms with Gasteiger partial charge < -0.3 is 9.64 Å². The fourth-order valence-electron chi connectivity index (χ4n) is 1.81. The number of amides is 2. The Bertz CT molecular complexity index is 487. The maximum Gasteiger partial charge on any atom is 0.325 e. The van der Waals surface area contributed by atoms with Crippen molar-refractivity contribution < 1.29 is 14.3 Å². The van der Waals surface area contributed by atoms with Gasteiger partial charge >= 0.3 is 12.0 Å². The summed E-state index contributed by atoms with van der Waals surface area (Å²) in [6.45, 7) is 4.30. The van der Waals surface area contributed by atoms with Crippen LogP contribution < -0.4 is 5.32 Å². The van der Waals surface area contributed by atoms with Gasteiger partial charge in [0.2, 0.25) is 0 Å². The average molecular weight is 249 g/mol. The minimum atomic E-state index is -0.406. The molecule has 0 spiro atoms. The fraction of sp³-hybridized carbons (Fsp3) is 0.417. The van der Waals surface area contributed by atoms with E-state index in [0.29, 0.717) is 19.0 Å². The molecule has 96 valence electrons. The molecule has 6 heteroatoms. The van der Waals surface area contributed by atoms with Gasteiger partial charge in [0.05, 0.1) is 13.2 Å².